The van der Waals surface area contributed by atoms with Gasteiger partial charge in [-0.25, -0.2) is 8.42 Å². The van der Waals surface area contributed by atoms with E-state index >= 15 is 0 Å². The fourth-order valence-corrected chi connectivity index (χ4v) is 4.54. The molecule has 2 aliphatic heterocycles. The summed E-state index contributed by atoms with van der Waals surface area (Å²) in [7, 11) is -3.59. The molecule has 2 heterocycles. The SMILES string of the molecule is Cc1ccc(CN2CCC(N=C3NS(=O)(=O)c4ccccc43)C2=O)cc1. The molecule has 6 nitrogen and oxygen atoms in total. The molecule has 1 fully saturated rings. The second kappa shape index (κ2) is 6.25. The molecule has 0 aromatic heterocycles. The zero-order valence-electron chi connectivity index (χ0n) is 14.3. The van der Waals surface area contributed by atoms with Crippen LogP contribution in [0, 0.1) is 6.92 Å². The summed E-state index contributed by atoms with van der Waals surface area (Å²) >= 11 is 0. The number of nitrogens with zero attached hydrogens (tertiary/aromatic N) is 2. The van der Waals surface area contributed by atoms with E-state index in [1.165, 1.54) is 5.56 Å². The number of rotatable bonds is 3. The van der Waals surface area contributed by atoms with E-state index < -0.39 is 16.1 Å². The van der Waals surface area contributed by atoms with E-state index in [9.17, 15) is 13.2 Å². The topological polar surface area (TPSA) is 78.8 Å². The van der Waals surface area contributed by atoms with Crippen molar-refractivity contribution in [3.05, 3.63) is 65.2 Å². The highest BCUT2D eigenvalue weighted by atomic mass is 32.2. The number of nitrogens with one attached hydrogen (secondary N) is 1. The maximum absolute atomic E-state index is 12.7. The Morgan fingerprint density at radius 1 is 1.15 bits per heavy atom. The smallest absolute Gasteiger partial charge is 0.263 e. The molecule has 0 saturated carbocycles. The number of carbonyl (C=O) groups excluding carboxylic acids is 1. The average molecular weight is 369 g/mol. The first-order chi connectivity index (χ1) is 12.4. The van der Waals surface area contributed by atoms with E-state index in [1.54, 1.807) is 29.2 Å². The normalized spacial score (nSPS) is 22.5. The predicted octanol–water partition coefficient (Wildman–Crippen LogP) is 1.83. The van der Waals surface area contributed by atoms with Crippen molar-refractivity contribution in [3.63, 3.8) is 0 Å². The molecule has 0 aliphatic carbocycles. The monoisotopic (exact) mass is 369 g/mol. The predicted molar refractivity (Wildman–Crippen MR) is 98.3 cm³/mol. The van der Waals surface area contributed by atoms with Crippen molar-refractivity contribution in [2.24, 2.45) is 4.99 Å². The van der Waals surface area contributed by atoms with Crippen LogP contribution in [-0.4, -0.2) is 37.6 Å². The van der Waals surface area contributed by atoms with Gasteiger partial charge in [0.2, 0.25) is 5.91 Å². The maximum atomic E-state index is 12.7. The van der Waals surface area contributed by atoms with Gasteiger partial charge >= 0.3 is 0 Å². The molecule has 4 rings (SSSR count). The highest BCUT2D eigenvalue weighted by molar-refractivity contribution is 7.90. The van der Waals surface area contributed by atoms with Crippen molar-refractivity contribution < 1.29 is 13.2 Å². The van der Waals surface area contributed by atoms with Crippen molar-refractivity contribution >= 4 is 21.8 Å². The van der Waals surface area contributed by atoms with Gasteiger partial charge in [-0.3, -0.25) is 14.5 Å². The molecule has 7 heteroatoms. The van der Waals surface area contributed by atoms with E-state index in [4.69, 9.17) is 0 Å². The quantitative estimate of drug-likeness (QED) is 0.897. The molecule has 1 unspecified atom stereocenters. The van der Waals surface area contributed by atoms with E-state index in [-0.39, 0.29) is 16.6 Å². The van der Waals surface area contributed by atoms with Crippen LogP contribution in [0.5, 0.6) is 0 Å². The first kappa shape index (κ1) is 16.8. The number of aliphatic imine (C=N–C) groups is 1. The number of amidine groups is 1. The number of fused-ring (bicyclic) bond motifs is 1. The van der Waals surface area contributed by atoms with Crippen LogP contribution in [0.3, 0.4) is 0 Å². The summed E-state index contributed by atoms with van der Waals surface area (Å²) in [6.45, 7) is 3.18. The summed E-state index contributed by atoms with van der Waals surface area (Å²) < 4.78 is 26.8. The lowest BCUT2D eigenvalue weighted by Gasteiger charge is -2.16. The average Bonchev–Trinajstić information content (AvgIpc) is 3.09. The summed E-state index contributed by atoms with van der Waals surface area (Å²) in [5, 5.41) is 0. The fourth-order valence-electron chi connectivity index (χ4n) is 3.30. The Morgan fingerprint density at radius 3 is 2.65 bits per heavy atom. The minimum atomic E-state index is -3.59. The number of aryl methyl sites for hydroxylation is 1. The number of hydrogen-bond acceptors (Lipinski definition) is 4. The van der Waals surface area contributed by atoms with Gasteiger partial charge in [0.25, 0.3) is 10.0 Å². The molecule has 2 aromatic carbocycles. The largest absolute Gasteiger partial charge is 0.336 e. The van der Waals surface area contributed by atoms with Crippen molar-refractivity contribution in [1.82, 2.24) is 9.62 Å². The van der Waals surface area contributed by atoms with Gasteiger partial charge < -0.3 is 4.90 Å². The minimum absolute atomic E-state index is 0.0679. The van der Waals surface area contributed by atoms with Crippen molar-refractivity contribution in [2.45, 2.75) is 30.8 Å². The van der Waals surface area contributed by atoms with E-state index in [2.05, 4.69) is 9.71 Å². The van der Waals surface area contributed by atoms with Gasteiger partial charge in [0.1, 0.15) is 11.9 Å². The van der Waals surface area contributed by atoms with Crippen LogP contribution in [0.15, 0.2) is 58.4 Å². The zero-order valence-corrected chi connectivity index (χ0v) is 15.2. The van der Waals surface area contributed by atoms with Crippen LogP contribution in [0.4, 0.5) is 0 Å². The summed E-state index contributed by atoms with van der Waals surface area (Å²) in [5.41, 5.74) is 2.78. The Bertz CT molecular complexity index is 997. The Labute approximate surface area is 152 Å². The van der Waals surface area contributed by atoms with E-state index in [1.807, 2.05) is 31.2 Å². The maximum Gasteiger partial charge on any atom is 0.263 e. The van der Waals surface area contributed by atoms with Gasteiger partial charge in [-0.05, 0) is 31.0 Å². The molecule has 1 amide bonds. The molecule has 0 bridgehead atoms. The van der Waals surface area contributed by atoms with Crippen molar-refractivity contribution in [2.75, 3.05) is 6.54 Å². The first-order valence-electron chi connectivity index (χ1n) is 8.48. The summed E-state index contributed by atoms with van der Waals surface area (Å²) in [6.07, 6.45) is 0.581. The lowest BCUT2D eigenvalue weighted by atomic mass is 10.1. The first-order valence-corrected chi connectivity index (χ1v) is 9.97. The number of likely N-dealkylation sites (tertiary alicyclic amines) is 1. The lowest BCUT2D eigenvalue weighted by Crippen LogP contribution is -2.30. The number of benzene rings is 2. The molecule has 2 aromatic rings. The standard InChI is InChI=1S/C19H19N3O3S/c1-13-6-8-14(9-7-13)12-22-11-10-16(19(22)23)20-18-15-4-2-3-5-17(15)26(24,25)21-18/h2-9,16H,10-12H2,1H3,(H,20,21). The van der Waals surface area contributed by atoms with Crippen LogP contribution < -0.4 is 4.72 Å². The third-order valence-corrected chi connectivity index (χ3v) is 6.11. The summed E-state index contributed by atoms with van der Waals surface area (Å²) in [5.74, 6) is 0.192. The molecule has 1 saturated heterocycles. The molecule has 0 spiro atoms. The Morgan fingerprint density at radius 2 is 1.88 bits per heavy atom. The molecule has 134 valence electrons. The van der Waals surface area contributed by atoms with Crippen LogP contribution in [0.25, 0.3) is 0 Å². The molecule has 2 aliphatic rings. The van der Waals surface area contributed by atoms with E-state index in [0.29, 0.717) is 25.1 Å². The third-order valence-electron chi connectivity index (χ3n) is 4.71. The number of carbonyl (C=O) groups is 1. The second-order valence-electron chi connectivity index (χ2n) is 6.63. The fraction of sp³-hybridized carbons (Fsp3) is 0.263. The van der Waals surface area contributed by atoms with Gasteiger partial charge in [-0.15, -0.1) is 0 Å². The third kappa shape index (κ3) is 2.99. The molecule has 1 N–H and O–H groups in total. The van der Waals surface area contributed by atoms with Gasteiger partial charge in [0.05, 0.1) is 4.90 Å². The Balaban J connectivity index is 1.54. The highest BCUT2D eigenvalue weighted by Crippen LogP contribution is 2.25. The summed E-state index contributed by atoms with van der Waals surface area (Å²) in [6, 6.07) is 14.2. The molecule has 0 radical (unpaired) electrons. The molecular weight excluding hydrogens is 350 g/mol. The Kier molecular flexibility index (Phi) is 4.03. The van der Waals surface area contributed by atoms with Crippen LogP contribution >= 0.6 is 0 Å². The molecule has 1 atom stereocenters. The van der Waals surface area contributed by atoms with Crippen LogP contribution in [0.2, 0.25) is 0 Å². The molecular formula is C19H19N3O3S. The zero-order chi connectivity index (χ0) is 18.3. The highest BCUT2D eigenvalue weighted by Gasteiger charge is 2.35. The van der Waals surface area contributed by atoms with E-state index in [0.717, 1.165) is 5.56 Å². The van der Waals surface area contributed by atoms with Gasteiger partial charge in [0.15, 0.2) is 0 Å². The Hall–Kier alpha value is -2.67. The number of sulfonamides is 1. The summed E-state index contributed by atoms with van der Waals surface area (Å²) in [4.78, 5) is 19.1. The second-order valence-corrected chi connectivity index (χ2v) is 8.28. The molecule has 26 heavy (non-hydrogen) atoms. The van der Waals surface area contributed by atoms with Crippen LogP contribution in [-0.2, 0) is 21.4 Å². The lowest BCUT2D eigenvalue weighted by molar-refractivity contribution is -0.129. The van der Waals surface area contributed by atoms with Gasteiger partial charge in [0, 0.05) is 18.7 Å². The van der Waals surface area contributed by atoms with Crippen LogP contribution in [0.1, 0.15) is 23.1 Å². The van der Waals surface area contributed by atoms with Gasteiger partial charge in [-0.2, -0.15) is 0 Å². The van der Waals surface area contributed by atoms with Crippen molar-refractivity contribution in [1.29, 1.82) is 0 Å². The number of amides is 1. The minimum Gasteiger partial charge on any atom is -0.336 e. The number of hydrogen-bond donors (Lipinski definition) is 1. The van der Waals surface area contributed by atoms with Gasteiger partial charge in [-0.1, -0.05) is 42.0 Å². The van der Waals surface area contributed by atoms with Crippen molar-refractivity contribution in [3.8, 4) is 0 Å².